The Hall–Kier alpha value is -1.88. The molecule has 2 heterocycles. The van der Waals surface area contributed by atoms with Crippen LogP contribution in [0.3, 0.4) is 0 Å². The van der Waals surface area contributed by atoms with Gasteiger partial charge < -0.3 is 10.4 Å². The number of nitrogens with zero attached hydrogens (tertiary/aromatic N) is 2. The molecule has 1 amide bonds. The van der Waals surface area contributed by atoms with Crippen molar-refractivity contribution in [2.45, 2.75) is 26.0 Å². The van der Waals surface area contributed by atoms with E-state index in [9.17, 15) is 4.79 Å². The zero-order valence-electron chi connectivity index (χ0n) is 9.47. The molecule has 2 N–H and O–H groups in total. The van der Waals surface area contributed by atoms with Gasteiger partial charge in [0.1, 0.15) is 6.04 Å². The normalized spacial score (nSPS) is 18.5. The maximum atomic E-state index is 11.9. The molecule has 1 aliphatic rings. The van der Waals surface area contributed by atoms with Gasteiger partial charge in [-0.2, -0.15) is 5.10 Å². The third-order valence-corrected chi connectivity index (χ3v) is 3.17. The molecule has 1 aromatic carbocycles. The lowest BCUT2D eigenvalue weighted by molar-refractivity contribution is -0.119. The first-order valence-electron chi connectivity index (χ1n) is 5.66. The molecule has 0 spiro atoms. The zero-order valence-corrected chi connectivity index (χ0v) is 9.47. The van der Waals surface area contributed by atoms with E-state index in [4.69, 9.17) is 5.11 Å². The van der Waals surface area contributed by atoms with E-state index < -0.39 is 0 Å². The summed E-state index contributed by atoms with van der Waals surface area (Å²) in [5.74, 6) is -0.0416. The van der Waals surface area contributed by atoms with Crippen molar-refractivity contribution in [3.63, 3.8) is 0 Å². The van der Waals surface area contributed by atoms with Gasteiger partial charge in [0.2, 0.25) is 5.91 Å². The molecule has 0 saturated carbocycles. The molecule has 0 bridgehead atoms. The Morgan fingerprint density at radius 1 is 1.53 bits per heavy atom. The smallest absolute Gasteiger partial charge is 0.249 e. The number of rotatable bonds is 2. The number of benzene rings is 1. The summed E-state index contributed by atoms with van der Waals surface area (Å²) in [5, 5.41) is 17.3. The van der Waals surface area contributed by atoms with Crippen molar-refractivity contribution in [2.24, 2.45) is 0 Å². The van der Waals surface area contributed by atoms with E-state index in [0.717, 1.165) is 22.2 Å². The van der Waals surface area contributed by atoms with Crippen molar-refractivity contribution in [2.75, 3.05) is 5.32 Å². The Bertz CT molecular complexity index is 603. The van der Waals surface area contributed by atoms with Crippen molar-refractivity contribution in [3.05, 3.63) is 23.9 Å². The first-order valence-corrected chi connectivity index (χ1v) is 5.66. The van der Waals surface area contributed by atoms with Gasteiger partial charge in [-0.15, -0.1) is 0 Å². The molecule has 0 saturated heterocycles. The lowest BCUT2D eigenvalue weighted by Crippen LogP contribution is -2.30. The fraction of sp³-hybridized carbons (Fsp3) is 0.333. The van der Waals surface area contributed by atoms with Gasteiger partial charge in [-0.3, -0.25) is 9.48 Å². The van der Waals surface area contributed by atoms with Crippen LogP contribution in [0, 0.1) is 0 Å². The highest BCUT2D eigenvalue weighted by atomic mass is 16.3. The van der Waals surface area contributed by atoms with Crippen LogP contribution in [-0.2, 0) is 11.4 Å². The van der Waals surface area contributed by atoms with E-state index in [2.05, 4.69) is 10.4 Å². The molecule has 1 atom stereocenters. The second-order valence-electron chi connectivity index (χ2n) is 4.24. The van der Waals surface area contributed by atoms with Gasteiger partial charge in [0.05, 0.1) is 24.0 Å². The highest BCUT2D eigenvalue weighted by Crippen LogP contribution is 2.33. The molecule has 2 aromatic rings. The number of aliphatic hydroxyl groups is 1. The van der Waals surface area contributed by atoms with Crippen LogP contribution in [0.2, 0.25) is 0 Å². The molecule has 3 rings (SSSR count). The summed E-state index contributed by atoms with van der Waals surface area (Å²) in [7, 11) is 0. The standard InChI is InChI=1S/C12H13N3O2/c1-2-10-12(17)14-9-4-7(6-16)3-8-5-13-15(10)11(8)9/h3-5,10,16H,2,6H2,1H3,(H,14,17). The van der Waals surface area contributed by atoms with Gasteiger partial charge in [0.25, 0.3) is 0 Å². The van der Waals surface area contributed by atoms with Crippen LogP contribution in [0.5, 0.6) is 0 Å². The minimum Gasteiger partial charge on any atom is -0.392 e. The molecule has 0 fully saturated rings. The Labute approximate surface area is 98.0 Å². The second kappa shape index (κ2) is 3.56. The average molecular weight is 231 g/mol. The molecule has 0 radical (unpaired) electrons. The molecule has 1 unspecified atom stereocenters. The fourth-order valence-corrected chi connectivity index (χ4v) is 2.36. The summed E-state index contributed by atoms with van der Waals surface area (Å²) in [6, 6.07) is 3.46. The Kier molecular flexibility index (Phi) is 2.16. The number of aromatic nitrogens is 2. The molecular formula is C12H13N3O2. The summed E-state index contributed by atoms with van der Waals surface area (Å²) in [4.78, 5) is 11.9. The predicted molar refractivity (Wildman–Crippen MR) is 63.6 cm³/mol. The highest BCUT2D eigenvalue weighted by Gasteiger charge is 2.28. The van der Waals surface area contributed by atoms with Gasteiger partial charge >= 0.3 is 0 Å². The van der Waals surface area contributed by atoms with Crippen LogP contribution in [-0.4, -0.2) is 20.8 Å². The summed E-state index contributed by atoms with van der Waals surface area (Å²) < 4.78 is 1.77. The van der Waals surface area contributed by atoms with Crippen LogP contribution in [0.4, 0.5) is 5.69 Å². The summed E-state index contributed by atoms with van der Waals surface area (Å²) in [5.41, 5.74) is 2.45. The van der Waals surface area contributed by atoms with E-state index in [1.54, 1.807) is 16.9 Å². The zero-order chi connectivity index (χ0) is 12.0. The van der Waals surface area contributed by atoms with E-state index in [1.807, 2.05) is 13.0 Å². The number of anilines is 1. The topological polar surface area (TPSA) is 67.2 Å². The number of amides is 1. The number of hydrogen-bond donors (Lipinski definition) is 2. The molecule has 5 nitrogen and oxygen atoms in total. The largest absolute Gasteiger partial charge is 0.392 e. The third-order valence-electron chi connectivity index (χ3n) is 3.17. The van der Waals surface area contributed by atoms with Crippen LogP contribution >= 0.6 is 0 Å². The first-order chi connectivity index (χ1) is 8.24. The lowest BCUT2D eigenvalue weighted by atomic mass is 10.1. The predicted octanol–water partition coefficient (Wildman–Crippen LogP) is 1.43. The van der Waals surface area contributed by atoms with Crippen molar-refractivity contribution in [3.8, 4) is 0 Å². The number of aliphatic hydroxyl groups excluding tert-OH is 1. The van der Waals surface area contributed by atoms with Crippen LogP contribution in [0.25, 0.3) is 10.9 Å². The molecule has 88 valence electrons. The maximum Gasteiger partial charge on any atom is 0.249 e. The molecule has 1 aliphatic heterocycles. The van der Waals surface area contributed by atoms with Crippen molar-refractivity contribution < 1.29 is 9.90 Å². The van der Waals surface area contributed by atoms with Gasteiger partial charge in [-0.1, -0.05) is 6.92 Å². The number of carbonyl (C=O) groups is 1. The highest BCUT2D eigenvalue weighted by molar-refractivity contribution is 6.05. The SMILES string of the molecule is CCC1C(=O)Nc2cc(CO)cc3cnn1c23. The fourth-order valence-electron chi connectivity index (χ4n) is 2.36. The van der Waals surface area contributed by atoms with Gasteiger partial charge in [0, 0.05) is 5.39 Å². The van der Waals surface area contributed by atoms with Crippen LogP contribution in [0.1, 0.15) is 24.9 Å². The van der Waals surface area contributed by atoms with Crippen molar-refractivity contribution >= 4 is 22.5 Å². The number of nitrogens with one attached hydrogen (secondary N) is 1. The Morgan fingerprint density at radius 2 is 2.35 bits per heavy atom. The summed E-state index contributed by atoms with van der Waals surface area (Å²) in [6.45, 7) is 1.92. The van der Waals surface area contributed by atoms with Gasteiger partial charge in [-0.05, 0) is 24.1 Å². The quantitative estimate of drug-likeness (QED) is 0.821. The molecule has 5 heteroatoms. The van der Waals surface area contributed by atoms with Crippen LogP contribution in [0.15, 0.2) is 18.3 Å². The van der Waals surface area contributed by atoms with Crippen molar-refractivity contribution in [1.82, 2.24) is 9.78 Å². The van der Waals surface area contributed by atoms with E-state index in [-0.39, 0.29) is 18.6 Å². The van der Waals surface area contributed by atoms with E-state index in [1.165, 1.54) is 0 Å². The monoisotopic (exact) mass is 231 g/mol. The summed E-state index contributed by atoms with van der Waals surface area (Å²) in [6.07, 6.45) is 2.45. The van der Waals surface area contributed by atoms with Gasteiger partial charge in [-0.25, -0.2) is 0 Å². The Morgan fingerprint density at radius 3 is 3.06 bits per heavy atom. The average Bonchev–Trinajstić information content (AvgIpc) is 2.74. The molecule has 0 aliphatic carbocycles. The molecular weight excluding hydrogens is 218 g/mol. The second-order valence-corrected chi connectivity index (χ2v) is 4.24. The minimum absolute atomic E-state index is 0.0405. The lowest BCUT2D eigenvalue weighted by Gasteiger charge is -2.23. The third kappa shape index (κ3) is 1.36. The number of hydrogen-bond acceptors (Lipinski definition) is 3. The van der Waals surface area contributed by atoms with Gasteiger partial charge in [0.15, 0.2) is 0 Å². The first kappa shape index (κ1) is 10.3. The molecule has 1 aromatic heterocycles. The molecule has 17 heavy (non-hydrogen) atoms. The van der Waals surface area contributed by atoms with E-state index in [0.29, 0.717) is 6.42 Å². The number of carbonyl (C=O) groups excluding carboxylic acids is 1. The maximum absolute atomic E-state index is 11.9. The Balaban J connectivity index is 2.30. The van der Waals surface area contributed by atoms with Crippen LogP contribution < -0.4 is 5.32 Å². The van der Waals surface area contributed by atoms with E-state index >= 15 is 0 Å². The summed E-state index contributed by atoms with van der Waals surface area (Å²) >= 11 is 0. The van der Waals surface area contributed by atoms with Crippen molar-refractivity contribution in [1.29, 1.82) is 0 Å². The minimum atomic E-state index is -0.236.